The second-order valence-corrected chi connectivity index (χ2v) is 5.26. The lowest BCUT2D eigenvalue weighted by atomic mass is 10.0. The molecule has 1 atom stereocenters. The van der Waals surface area contributed by atoms with E-state index >= 15 is 0 Å². The van der Waals surface area contributed by atoms with Crippen LogP contribution in [-0.4, -0.2) is 47.7 Å². The topological polar surface area (TPSA) is 66.8 Å². The highest BCUT2D eigenvalue weighted by atomic mass is 19.4. The molecule has 0 spiro atoms. The van der Waals surface area contributed by atoms with Crippen LogP contribution >= 0.6 is 0 Å². The van der Waals surface area contributed by atoms with Crippen LogP contribution in [0.15, 0.2) is 24.3 Å². The lowest BCUT2D eigenvalue weighted by molar-refractivity contribution is -0.148. The number of benzene rings is 1. The summed E-state index contributed by atoms with van der Waals surface area (Å²) < 4.78 is 44.1. The van der Waals surface area contributed by atoms with E-state index in [2.05, 4.69) is 0 Å². The van der Waals surface area contributed by atoms with Gasteiger partial charge in [0.2, 0.25) is 5.91 Å². The highest BCUT2D eigenvalue weighted by molar-refractivity contribution is 5.79. The Morgan fingerprint density at radius 3 is 2.65 bits per heavy atom. The third kappa shape index (κ3) is 4.69. The third-order valence-electron chi connectivity index (χ3n) is 3.56. The molecule has 0 aromatic heterocycles. The normalized spacial score (nSPS) is 18.7. The van der Waals surface area contributed by atoms with E-state index in [1.54, 1.807) is 0 Å². The quantitative estimate of drug-likeness (QED) is 0.916. The molecule has 1 aliphatic rings. The number of carboxylic acids is 1. The van der Waals surface area contributed by atoms with Crippen molar-refractivity contribution in [1.82, 2.24) is 4.90 Å². The summed E-state index contributed by atoms with van der Waals surface area (Å²) in [6.07, 6.45) is -5.78. The van der Waals surface area contributed by atoms with Crippen molar-refractivity contribution in [1.29, 1.82) is 0 Å². The van der Waals surface area contributed by atoms with Crippen LogP contribution in [0.2, 0.25) is 0 Å². The second-order valence-electron chi connectivity index (χ2n) is 5.26. The van der Waals surface area contributed by atoms with E-state index in [-0.39, 0.29) is 38.1 Å². The molecule has 0 bridgehead atoms. The summed E-state index contributed by atoms with van der Waals surface area (Å²) in [4.78, 5) is 24.3. The number of ether oxygens (including phenoxy) is 1. The number of carbonyl (C=O) groups excluding carboxylic acids is 1. The van der Waals surface area contributed by atoms with Gasteiger partial charge in [0.1, 0.15) is 0 Å². The molecule has 1 aliphatic heterocycles. The van der Waals surface area contributed by atoms with Gasteiger partial charge in [0.05, 0.1) is 31.1 Å². The molecule has 0 saturated carbocycles. The highest BCUT2D eigenvalue weighted by Crippen LogP contribution is 2.32. The van der Waals surface area contributed by atoms with Crippen molar-refractivity contribution in [3.05, 3.63) is 35.4 Å². The SMILES string of the molecule is O=C(O)C[C@H]1CN(C(=O)Cc2ccccc2C(F)(F)F)CCO1. The van der Waals surface area contributed by atoms with Crippen LogP contribution in [-0.2, 0) is 26.9 Å². The number of alkyl halides is 3. The monoisotopic (exact) mass is 331 g/mol. The molecule has 2 rings (SSSR count). The number of halogens is 3. The van der Waals surface area contributed by atoms with Crippen LogP contribution < -0.4 is 0 Å². The summed E-state index contributed by atoms with van der Waals surface area (Å²) in [6, 6.07) is 4.93. The summed E-state index contributed by atoms with van der Waals surface area (Å²) in [5.41, 5.74) is -0.921. The first kappa shape index (κ1) is 17.3. The predicted molar refractivity (Wildman–Crippen MR) is 73.7 cm³/mol. The molecule has 1 fully saturated rings. The Bertz CT molecular complexity index is 588. The van der Waals surface area contributed by atoms with Crippen LogP contribution in [0.5, 0.6) is 0 Å². The summed E-state index contributed by atoms with van der Waals surface area (Å²) in [7, 11) is 0. The van der Waals surface area contributed by atoms with E-state index in [0.717, 1.165) is 6.07 Å². The summed E-state index contributed by atoms with van der Waals surface area (Å²) >= 11 is 0. The lowest BCUT2D eigenvalue weighted by Crippen LogP contribution is -2.46. The fraction of sp³-hybridized carbons (Fsp3) is 0.467. The Labute approximate surface area is 130 Å². The van der Waals surface area contributed by atoms with E-state index in [4.69, 9.17) is 9.84 Å². The first-order valence-corrected chi connectivity index (χ1v) is 7.03. The van der Waals surface area contributed by atoms with E-state index in [1.807, 2.05) is 0 Å². The largest absolute Gasteiger partial charge is 0.481 e. The maximum atomic E-state index is 12.9. The number of amides is 1. The zero-order chi connectivity index (χ0) is 17.0. The minimum atomic E-state index is -4.52. The molecule has 1 saturated heterocycles. The van der Waals surface area contributed by atoms with Crippen molar-refractivity contribution in [3.63, 3.8) is 0 Å². The minimum Gasteiger partial charge on any atom is -0.481 e. The lowest BCUT2D eigenvalue weighted by Gasteiger charge is -2.32. The van der Waals surface area contributed by atoms with Crippen LogP contribution in [0.1, 0.15) is 17.5 Å². The molecule has 0 aliphatic carbocycles. The summed E-state index contributed by atoms with van der Waals surface area (Å²) in [5, 5.41) is 8.74. The van der Waals surface area contributed by atoms with Gasteiger partial charge in [0, 0.05) is 13.1 Å². The molecule has 23 heavy (non-hydrogen) atoms. The summed E-state index contributed by atoms with van der Waals surface area (Å²) in [6.45, 7) is 0.479. The molecule has 5 nitrogen and oxygen atoms in total. The average molecular weight is 331 g/mol. The van der Waals surface area contributed by atoms with Gasteiger partial charge >= 0.3 is 12.1 Å². The first-order chi connectivity index (χ1) is 10.8. The maximum absolute atomic E-state index is 12.9. The van der Waals surface area contributed by atoms with Gasteiger partial charge in [0.25, 0.3) is 0 Å². The molecule has 126 valence electrons. The maximum Gasteiger partial charge on any atom is 0.416 e. The van der Waals surface area contributed by atoms with E-state index in [0.29, 0.717) is 0 Å². The number of carboxylic acid groups (broad SMARTS) is 1. The molecule has 0 radical (unpaired) electrons. The first-order valence-electron chi connectivity index (χ1n) is 7.03. The Morgan fingerprint density at radius 2 is 2.00 bits per heavy atom. The predicted octanol–water partition coefficient (Wildman–Crippen LogP) is 1.95. The Balaban J connectivity index is 2.06. The van der Waals surface area contributed by atoms with Crippen LogP contribution in [0.25, 0.3) is 0 Å². The van der Waals surface area contributed by atoms with Crippen molar-refractivity contribution < 1.29 is 32.6 Å². The third-order valence-corrected chi connectivity index (χ3v) is 3.56. The fourth-order valence-corrected chi connectivity index (χ4v) is 2.49. The average Bonchev–Trinajstić information content (AvgIpc) is 2.46. The van der Waals surface area contributed by atoms with E-state index < -0.39 is 29.7 Å². The Kier molecular flexibility index (Phi) is 5.25. The standard InChI is InChI=1S/C15H16F3NO4/c16-15(17,18)12-4-2-1-3-10(12)7-13(20)19-5-6-23-11(9-19)8-14(21)22/h1-4,11H,5-9H2,(H,21,22)/t11-/m0/s1. The fourth-order valence-electron chi connectivity index (χ4n) is 2.49. The van der Waals surface area contributed by atoms with Crippen LogP contribution in [0.3, 0.4) is 0 Å². The van der Waals surface area contributed by atoms with Gasteiger partial charge < -0.3 is 14.7 Å². The van der Waals surface area contributed by atoms with Gasteiger partial charge in [-0.2, -0.15) is 13.2 Å². The van der Waals surface area contributed by atoms with E-state index in [9.17, 15) is 22.8 Å². The Hall–Kier alpha value is -2.09. The minimum absolute atomic E-state index is 0.0688. The van der Waals surface area contributed by atoms with Crippen molar-refractivity contribution in [2.24, 2.45) is 0 Å². The molecule has 1 aromatic rings. The number of hydrogen-bond donors (Lipinski definition) is 1. The number of hydrogen-bond acceptors (Lipinski definition) is 3. The molecule has 8 heteroatoms. The molecular formula is C15H16F3NO4. The number of nitrogens with zero attached hydrogens (tertiary/aromatic N) is 1. The molecule has 1 heterocycles. The molecule has 1 amide bonds. The van der Waals surface area contributed by atoms with Crippen molar-refractivity contribution >= 4 is 11.9 Å². The van der Waals surface area contributed by atoms with Gasteiger partial charge in [-0.25, -0.2) is 0 Å². The molecule has 1 aromatic carbocycles. The van der Waals surface area contributed by atoms with Crippen molar-refractivity contribution in [2.45, 2.75) is 25.1 Å². The number of morpholine rings is 1. The number of rotatable bonds is 4. The van der Waals surface area contributed by atoms with Gasteiger partial charge in [0.15, 0.2) is 0 Å². The van der Waals surface area contributed by atoms with Gasteiger partial charge in [-0.1, -0.05) is 18.2 Å². The second kappa shape index (κ2) is 6.99. The van der Waals surface area contributed by atoms with E-state index in [1.165, 1.54) is 23.1 Å². The highest BCUT2D eigenvalue weighted by Gasteiger charge is 2.34. The molecule has 0 unspecified atom stereocenters. The summed E-state index contributed by atoms with van der Waals surface area (Å²) in [5.74, 6) is -1.52. The van der Waals surface area contributed by atoms with Gasteiger partial charge in [-0.05, 0) is 11.6 Å². The zero-order valence-corrected chi connectivity index (χ0v) is 12.2. The Morgan fingerprint density at radius 1 is 1.30 bits per heavy atom. The van der Waals surface area contributed by atoms with Crippen molar-refractivity contribution in [3.8, 4) is 0 Å². The van der Waals surface area contributed by atoms with Gasteiger partial charge in [-0.3, -0.25) is 9.59 Å². The van der Waals surface area contributed by atoms with Gasteiger partial charge in [-0.15, -0.1) is 0 Å². The van der Waals surface area contributed by atoms with Crippen molar-refractivity contribution in [2.75, 3.05) is 19.7 Å². The molecule has 1 N–H and O–H groups in total. The number of carbonyl (C=O) groups is 2. The van der Waals surface area contributed by atoms with Crippen LogP contribution in [0, 0.1) is 0 Å². The smallest absolute Gasteiger partial charge is 0.416 e. The number of aliphatic carboxylic acids is 1. The van der Waals surface area contributed by atoms with Crippen LogP contribution in [0.4, 0.5) is 13.2 Å². The zero-order valence-electron chi connectivity index (χ0n) is 12.2. The molecular weight excluding hydrogens is 315 g/mol.